The van der Waals surface area contributed by atoms with E-state index in [0.717, 1.165) is 16.6 Å². The number of benzene rings is 1. The minimum Gasteiger partial charge on any atom is -0.328 e. The minimum absolute atomic E-state index is 0.307. The summed E-state index contributed by atoms with van der Waals surface area (Å²) in [7, 11) is 0. The summed E-state index contributed by atoms with van der Waals surface area (Å²) in [5.41, 5.74) is 8.22. The van der Waals surface area contributed by atoms with Crippen molar-refractivity contribution in [3.63, 3.8) is 0 Å². The fraction of sp³-hybridized carbons (Fsp3) is 0.400. The van der Waals surface area contributed by atoms with Crippen LogP contribution in [0.1, 0.15) is 26.3 Å². The molecule has 0 aliphatic heterocycles. The van der Waals surface area contributed by atoms with Gasteiger partial charge in [-0.1, -0.05) is 41.9 Å². The molecule has 4 heteroatoms. The maximum Gasteiger partial charge on any atom is 0.0954 e. The van der Waals surface area contributed by atoms with Gasteiger partial charge in [-0.2, -0.15) is 0 Å². The summed E-state index contributed by atoms with van der Waals surface area (Å²) in [6.45, 7) is 5.08. The van der Waals surface area contributed by atoms with Gasteiger partial charge in [-0.05, 0) is 30.0 Å². The topological polar surface area (TPSA) is 43.8 Å². The van der Waals surface area contributed by atoms with Crippen LogP contribution < -0.4 is 5.73 Å². The number of rotatable bonds is 5. The van der Waals surface area contributed by atoms with Gasteiger partial charge in [0.15, 0.2) is 0 Å². The summed E-state index contributed by atoms with van der Waals surface area (Å²) in [5, 5.41) is 0. The summed E-state index contributed by atoms with van der Waals surface area (Å²) in [6, 6.07) is 8.60. The van der Waals surface area contributed by atoms with E-state index in [4.69, 9.17) is 5.73 Å². The lowest BCUT2D eigenvalue weighted by Gasteiger charge is -2.21. The summed E-state index contributed by atoms with van der Waals surface area (Å²) < 4.78 is 3.28. The van der Waals surface area contributed by atoms with Crippen LogP contribution in [-0.2, 0) is 0 Å². The van der Waals surface area contributed by atoms with E-state index in [1.54, 1.807) is 0 Å². The number of nitrogens with two attached hydrogens (primary N) is 1. The van der Waals surface area contributed by atoms with Gasteiger partial charge in [-0.25, -0.2) is 4.98 Å². The summed E-state index contributed by atoms with van der Waals surface area (Å²) in [6.07, 6.45) is 4.86. The van der Waals surface area contributed by atoms with Crippen molar-refractivity contribution in [3.8, 4) is 11.3 Å². The van der Waals surface area contributed by atoms with E-state index in [0.29, 0.717) is 18.5 Å². The SMILES string of the molecule is CC(C)CC(CN)n1cncc1-c1ccc(Br)cc1. The third kappa shape index (κ3) is 3.45. The zero-order chi connectivity index (χ0) is 13.8. The van der Waals surface area contributed by atoms with E-state index >= 15 is 0 Å². The average Bonchev–Trinajstić information content (AvgIpc) is 2.85. The summed E-state index contributed by atoms with van der Waals surface area (Å²) >= 11 is 3.46. The molecule has 1 aromatic heterocycles. The van der Waals surface area contributed by atoms with Crippen LogP contribution in [0.4, 0.5) is 0 Å². The Bertz CT molecular complexity index is 516. The standard InChI is InChI=1S/C15H20BrN3/c1-11(2)7-14(8-17)19-10-18-9-15(19)12-3-5-13(16)6-4-12/h3-6,9-11,14H,7-8,17H2,1-2H3. The number of hydrogen-bond acceptors (Lipinski definition) is 2. The Morgan fingerprint density at radius 3 is 2.53 bits per heavy atom. The predicted molar refractivity (Wildman–Crippen MR) is 82.9 cm³/mol. The second-order valence-electron chi connectivity index (χ2n) is 5.21. The Morgan fingerprint density at radius 1 is 1.26 bits per heavy atom. The lowest BCUT2D eigenvalue weighted by atomic mass is 10.0. The first-order valence-electron chi connectivity index (χ1n) is 6.59. The van der Waals surface area contributed by atoms with Crippen LogP contribution in [0.3, 0.4) is 0 Å². The maximum absolute atomic E-state index is 5.93. The van der Waals surface area contributed by atoms with Gasteiger partial charge in [0, 0.05) is 17.1 Å². The van der Waals surface area contributed by atoms with Gasteiger partial charge in [0.2, 0.25) is 0 Å². The van der Waals surface area contributed by atoms with Crippen LogP contribution in [0.25, 0.3) is 11.3 Å². The van der Waals surface area contributed by atoms with Crippen molar-refractivity contribution < 1.29 is 0 Å². The normalized spacial score (nSPS) is 12.9. The Labute approximate surface area is 123 Å². The predicted octanol–water partition coefficient (Wildman–Crippen LogP) is 3.86. The van der Waals surface area contributed by atoms with Crippen LogP contribution in [0.5, 0.6) is 0 Å². The Morgan fingerprint density at radius 2 is 1.95 bits per heavy atom. The molecular formula is C15H20BrN3. The van der Waals surface area contributed by atoms with E-state index in [1.807, 2.05) is 24.7 Å². The van der Waals surface area contributed by atoms with E-state index in [1.165, 1.54) is 5.56 Å². The molecule has 0 aliphatic rings. The first-order valence-corrected chi connectivity index (χ1v) is 7.39. The highest BCUT2D eigenvalue weighted by molar-refractivity contribution is 9.10. The highest BCUT2D eigenvalue weighted by Crippen LogP contribution is 2.26. The second kappa shape index (κ2) is 6.35. The van der Waals surface area contributed by atoms with Gasteiger partial charge in [0.1, 0.15) is 0 Å². The Kier molecular flexibility index (Phi) is 4.77. The average molecular weight is 322 g/mol. The van der Waals surface area contributed by atoms with Crippen LogP contribution in [0, 0.1) is 5.92 Å². The number of aromatic nitrogens is 2. The van der Waals surface area contributed by atoms with E-state index < -0.39 is 0 Å². The van der Waals surface area contributed by atoms with Crippen LogP contribution in [0.2, 0.25) is 0 Å². The second-order valence-corrected chi connectivity index (χ2v) is 6.13. The molecule has 0 amide bonds. The number of imidazole rings is 1. The molecule has 2 N–H and O–H groups in total. The molecule has 19 heavy (non-hydrogen) atoms. The molecule has 2 aromatic rings. The van der Waals surface area contributed by atoms with Crippen molar-refractivity contribution in [2.75, 3.05) is 6.54 Å². The molecule has 0 spiro atoms. The van der Waals surface area contributed by atoms with Gasteiger partial charge >= 0.3 is 0 Å². The highest BCUT2D eigenvalue weighted by atomic mass is 79.9. The molecule has 1 atom stereocenters. The highest BCUT2D eigenvalue weighted by Gasteiger charge is 2.15. The van der Waals surface area contributed by atoms with Gasteiger partial charge < -0.3 is 10.3 Å². The molecule has 1 aromatic carbocycles. The maximum atomic E-state index is 5.93. The molecule has 102 valence electrons. The lowest BCUT2D eigenvalue weighted by molar-refractivity contribution is 0.410. The molecule has 1 unspecified atom stereocenters. The summed E-state index contributed by atoms with van der Waals surface area (Å²) in [4.78, 5) is 4.29. The van der Waals surface area contributed by atoms with Gasteiger partial charge in [-0.3, -0.25) is 0 Å². The van der Waals surface area contributed by atoms with Crippen LogP contribution in [0.15, 0.2) is 41.3 Å². The van der Waals surface area contributed by atoms with Crippen molar-refractivity contribution in [1.29, 1.82) is 0 Å². The number of halogens is 1. The molecule has 0 saturated carbocycles. The van der Waals surface area contributed by atoms with Crippen molar-refractivity contribution in [2.45, 2.75) is 26.3 Å². The van der Waals surface area contributed by atoms with Crippen molar-refractivity contribution in [3.05, 3.63) is 41.3 Å². The van der Waals surface area contributed by atoms with Crippen LogP contribution in [-0.4, -0.2) is 16.1 Å². The largest absolute Gasteiger partial charge is 0.328 e. The molecule has 3 nitrogen and oxygen atoms in total. The van der Waals surface area contributed by atoms with Crippen molar-refractivity contribution in [1.82, 2.24) is 9.55 Å². The van der Waals surface area contributed by atoms with Gasteiger partial charge in [0.25, 0.3) is 0 Å². The first kappa shape index (κ1) is 14.3. The third-order valence-corrected chi connectivity index (χ3v) is 3.74. The smallest absolute Gasteiger partial charge is 0.0954 e. The van der Waals surface area contributed by atoms with Crippen LogP contribution >= 0.6 is 15.9 Å². The zero-order valence-corrected chi connectivity index (χ0v) is 13.0. The monoisotopic (exact) mass is 321 g/mol. The fourth-order valence-electron chi connectivity index (χ4n) is 2.31. The molecule has 2 rings (SSSR count). The first-order chi connectivity index (χ1) is 9.11. The van der Waals surface area contributed by atoms with Crippen molar-refractivity contribution >= 4 is 15.9 Å². The lowest BCUT2D eigenvalue weighted by Crippen LogP contribution is -2.21. The third-order valence-electron chi connectivity index (χ3n) is 3.21. The van der Waals surface area contributed by atoms with Crippen molar-refractivity contribution in [2.24, 2.45) is 11.7 Å². The molecule has 0 saturated heterocycles. The quantitative estimate of drug-likeness (QED) is 0.908. The molecule has 0 radical (unpaired) electrons. The number of hydrogen-bond donors (Lipinski definition) is 1. The summed E-state index contributed by atoms with van der Waals surface area (Å²) in [5.74, 6) is 0.619. The molecule has 0 fully saturated rings. The fourth-order valence-corrected chi connectivity index (χ4v) is 2.57. The number of nitrogens with zero attached hydrogens (tertiary/aromatic N) is 2. The van der Waals surface area contributed by atoms with E-state index in [-0.39, 0.29) is 0 Å². The van der Waals surface area contributed by atoms with Gasteiger partial charge in [0.05, 0.1) is 18.2 Å². The molecular weight excluding hydrogens is 302 g/mol. The minimum atomic E-state index is 0.307. The van der Waals surface area contributed by atoms with Gasteiger partial charge in [-0.15, -0.1) is 0 Å². The molecule has 0 aliphatic carbocycles. The zero-order valence-electron chi connectivity index (χ0n) is 11.4. The Balaban J connectivity index is 2.33. The molecule has 1 heterocycles. The van der Waals surface area contributed by atoms with E-state index in [9.17, 15) is 0 Å². The van der Waals surface area contributed by atoms with E-state index in [2.05, 4.69) is 51.5 Å². The molecule has 0 bridgehead atoms. The Hall–Kier alpha value is -1.13.